The number of carboxylic acid groups (broad SMARTS) is 2. The monoisotopic (exact) mass is 254 g/mol. The van der Waals surface area contributed by atoms with E-state index in [0.717, 1.165) is 32.1 Å². The van der Waals surface area contributed by atoms with E-state index in [9.17, 15) is 9.59 Å². The Morgan fingerprint density at radius 1 is 0.722 bits per heavy atom. The van der Waals surface area contributed by atoms with Crippen molar-refractivity contribution in [1.29, 1.82) is 0 Å². The SMILES string of the molecule is O=C(O)CCCC=CCC=CCCCCC(=O)O. The number of hydrogen-bond donors (Lipinski definition) is 2. The third kappa shape index (κ3) is 14.4. The summed E-state index contributed by atoms with van der Waals surface area (Å²) in [5.74, 6) is -1.48. The van der Waals surface area contributed by atoms with Crippen molar-refractivity contribution in [2.45, 2.75) is 51.4 Å². The van der Waals surface area contributed by atoms with Crippen molar-refractivity contribution in [2.75, 3.05) is 0 Å². The number of carbonyl (C=O) groups is 2. The van der Waals surface area contributed by atoms with Crippen molar-refractivity contribution >= 4 is 11.9 Å². The van der Waals surface area contributed by atoms with Gasteiger partial charge in [-0.2, -0.15) is 0 Å². The molecule has 18 heavy (non-hydrogen) atoms. The number of aliphatic carboxylic acids is 2. The minimum Gasteiger partial charge on any atom is -0.481 e. The van der Waals surface area contributed by atoms with Gasteiger partial charge in [0.15, 0.2) is 0 Å². The number of rotatable bonds is 11. The van der Waals surface area contributed by atoms with E-state index in [4.69, 9.17) is 10.2 Å². The van der Waals surface area contributed by atoms with Gasteiger partial charge in [-0.05, 0) is 38.5 Å². The standard InChI is InChI=1S/C14H22O4/c15-13(16)11-9-7-5-3-1-2-4-6-8-10-12-14(17)18/h1,3-4,6H,2,5,7-12H2,(H,15,16)(H,17,18). The van der Waals surface area contributed by atoms with E-state index in [1.807, 2.05) is 12.2 Å². The van der Waals surface area contributed by atoms with Crippen LogP contribution in [0.1, 0.15) is 51.4 Å². The molecule has 4 heteroatoms. The Morgan fingerprint density at radius 2 is 1.22 bits per heavy atom. The van der Waals surface area contributed by atoms with E-state index in [0.29, 0.717) is 6.42 Å². The lowest BCUT2D eigenvalue weighted by Gasteiger charge is -1.93. The number of hydrogen-bond acceptors (Lipinski definition) is 2. The van der Waals surface area contributed by atoms with Gasteiger partial charge in [-0.3, -0.25) is 9.59 Å². The molecule has 0 aromatic rings. The highest BCUT2D eigenvalue weighted by molar-refractivity contribution is 5.66. The first-order chi connectivity index (χ1) is 8.63. The third-order valence-corrected chi connectivity index (χ3v) is 2.38. The molecule has 0 aromatic heterocycles. The van der Waals surface area contributed by atoms with E-state index in [-0.39, 0.29) is 12.8 Å². The summed E-state index contributed by atoms with van der Waals surface area (Å²) in [5, 5.41) is 16.8. The summed E-state index contributed by atoms with van der Waals surface area (Å²) in [7, 11) is 0. The molecule has 0 aromatic carbocycles. The Kier molecular flexibility index (Phi) is 10.8. The Hall–Kier alpha value is -1.58. The van der Waals surface area contributed by atoms with Crippen molar-refractivity contribution in [2.24, 2.45) is 0 Å². The lowest BCUT2D eigenvalue weighted by molar-refractivity contribution is -0.138. The zero-order valence-electron chi connectivity index (χ0n) is 10.7. The Balaban J connectivity index is 3.29. The maximum absolute atomic E-state index is 10.2. The fourth-order valence-corrected chi connectivity index (χ4v) is 1.42. The van der Waals surface area contributed by atoms with Crippen LogP contribution in [-0.4, -0.2) is 22.2 Å². The van der Waals surface area contributed by atoms with Crippen LogP contribution in [-0.2, 0) is 9.59 Å². The molecule has 0 radical (unpaired) electrons. The van der Waals surface area contributed by atoms with Crippen LogP contribution in [0.3, 0.4) is 0 Å². The largest absolute Gasteiger partial charge is 0.481 e. The van der Waals surface area contributed by atoms with E-state index in [2.05, 4.69) is 12.2 Å². The molecule has 0 heterocycles. The van der Waals surface area contributed by atoms with Crippen LogP contribution in [0.25, 0.3) is 0 Å². The normalized spacial score (nSPS) is 11.3. The van der Waals surface area contributed by atoms with E-state index < -0.39 is 11.9 Å². The van der Waals surface area contributed by atoms with Crippen LogP contribution >= 0.6 is 0 Å². The van der Waals surface area contributed by atoms with Gasteiger partial charge in [0.05, 0.1) is 0 Å². The molecule has 0 aliphatic heterocycles. The smallest absolute Gasteiger partial charge is 0.303 e. The molecular weight excluding hydrogens is 232 g/mol. The number of unbranched alkanes of at least 4 members (excludes halogenated alkanes) is 3. The van der Waals surface area contributed by atoms with Crippen LogP contribution in [0, 0.1) is 0 Å². The number of carboxylic acids is 2. The summed E-state index contributed by atoms with van der Waals surface area (Å²) in [6, 6.07) is 0. The van der Waals surface area contributed by atoms with Crippen molar-refractivity contribution < 1.29 is 19.8 Å². The molecule has 4 nitrogen and oxygen atoms in total. The molecule has 0 fully saturated rings. The van der Waals surface area contributed by atoms with Crippen LogP contribution in [0.4, 0.5) is 0 Å². The molecule has 102 valence electrons. The van der Waals surface area contributed by atoms with Gasteiger partial charge in [-0.1, -0.05) is 24.3 Å². The van der Waals surface area contributed by atoms with Gasteiger partial charge in [0, 0.05) is 12.8 Å². The highest BCUT2D eigenvalue weighted by Crippen LogP contribution is 2.02. The molecular formula is C14H22O4. The van der Waals surface area contributed by atoms with Crippen LogP contribution in [0.5, 0.6) is 0 Å². The van der Waals surface area contributed by atoms with Crippen molar-refractivity contribution in [1.82, 2.24) is 0 Å². The molecule has 0 aliphatic rings. The minimum atomic E-state index is -0.746. The molecule has 0 spiro atoms. The summed E-state index contributed by atoms with van der Waals surface area (Å²) in [5.41, 5.74) is 0. The molecule has 0 amide bonds. The second kappa shape index (κ2) is 11.9. The first-order valence-corrected chi connectivity index (χ1v) is 6.36. The summed E-state index contributed by atoms with van der Waals surface area (Å²) in [6.45, 7) is 0. The van der Waals surface area contributed by atoms with Gasteiger partial charge in [-0.15, -0.1) is 0 Å². The first-order valence-electron chi connectivity index (χ1n) is 6.36. The van der Waals surface area contributed by atoms with Crippen molar-refractivity contribution in [3.8, 4) is 0 Å². The first kappa shape index (κ1) is 16.4. The lowest BCUT2D eigenvalue weighted by Crippen LogP contribution is -1.92. The highest BCUT2D eigenvalue weighted by atomic mass is 16.4. The van der Waals surface area contributed by atoms with Crippen LogP contribution in [0.2, 0.25) is 0 Å². The molecule has 2 N–H and O–H groups in total. The van der Waals surface area contributed by atoms with Gasteiger partial charge in [0.25, 0.3) is 0 Å². The predicted molar refractivity (Wildman–Crippen MR) is 70.5 cm³/mol. The van der Waals surface area contributed by atoms with Crippen LogP contribution < -0.4 is 0 Å². The van der Waals surface area contributed by atoms with Gasteiger partial charge in [0.2, 0.25) is 0 Å². The number of allylic oxidation sites excluding steroid dienone is 4. The zero-order valence-corrected chi connectivity index (χ0v) is 10.7. The topological polar surface area (TPSA) is 74.6 Å². The highest BCUT2D eigenvalue weighted by Gasteiger charge is 1.94. The second-order valence-corrected chi connectivity index (χ2v) is 4.10. The predicted octanol–water partition coefficient (Wildman–Crippen LogP) is 3.39. The third-order valence-electron chi connectivity index (χ3n) is 2.38. The molecule has 0 bridgehead atoms. The van der Waals surface area contributed by atoms with Gasteiger partial charge in [0.1, 0.15) is 0 Å². The summed E-state index contributed by atoms with van der Waals surface area (Å²) >= 11 is 0. The van der Waals surface area contributed by atoms with Crippen molar-refractivity contribution in [3.05, 3.63) is 24.3 Å². The maximum atomic E-state index is 10.2. The van der Waals surface area contributed by atoms with Crippen LogP contribution in [0.15, 0.2) is 24.3 Å². The second-order valence-electron chi connectivity index (χ2n) is 4.10. The van der Waals surface area contributed by atoms with Gasteiger partial charge in [-0.25, -0.2) is 0 Å². The van der Waals surface area contributed by atoms with E-state index >= 15 is 0 Å². The summed E-state index contributed by atoms with van der Waals surface area (Å²) in [6.07, 6.45) is 13.5. The fraction of sp³-hybridized carbons (Fsp3) is 0.571. The Bertz CT molecular complexity index is 292. The molecule has 0 saturated carbocycles. The van der Waals surface area contributed by atoms with E-state index in [1.165, 1.54) is 0 Å². The summed E-state index contributed by atoms with van der Waals surface area (Å²) in [4.78, 5) is 20.5. The molecule has 0 rings (SSSR count). The molecule has 0 atom stereocenters. The maximum Gasteiger partial charge on any atom is 0.303 e. The molecule has 0 saturated heterocycles. The Labute approximate surface area is 108 Å². The zero-order chi connectivity index (χ0) is 13.6. The van der Waals surface area contributed by atoms with Gasteiger partial charge < -0.3 is 10.2 Å². The molecule has 0 unspecified atom stereocenters. The fourth-order valence-electron chi connectivity index (χ4n) is 1.42. The lowest BCUT2D eigenvalue weighted by atomic mass is 10.2. The summed E-state index contributed by atoms with van der Waals surface area (Å²) < 4.78 is 0. The molecule has 0 aliphatic carbocycles. The van der Waals surface area contributed by atoms with E-state index in [1.54, 1.807) is 0 Å². The average molecular weight is 254 g/mol. The minimum absolute atomic E-state index is 0.226. The van der Waals surface area contributed by atoms with Crippen molar-refractivity contribution in [3.63, 3.8) is 0 Å². The quantitative estimate of drug-likeness (QED) is 0.438. The average Bonchev–Trinajstić information content (AvgIpc) is 2.29. The Morgan fingerprint density at radius 3 is 1.78 bits per heavy atom. The van der Waals surface area contributed by atoms with Gasteiger partial charge >= 0.3 is 11.9 Å².